The third kappa shape index (κ3) is 5.23. The van der Waals surface area contributed by atoms with Crippen molar-refractivity contribution in [2.45, 2.75) is 24.8 Å². The first kappa shape index (κ1) is 25.5. The van der Waals surface area contributed by atoms with E-state index in [0.29, 0.717) is 37.2 Å². The lowest BCUT2D eigenvalue weighted by atomic mass is 10.0. The van der Waals surface area contributed by atoms with Gasteiger partial charge in [-0.15, -0.1) is 5.10 Å². The molecule has 1 fully saturated rings. The average molecular weight is 550 g/mol. The van der Waals surface area contributed by atoms with Crippen LogP contribution in [0.3, 0.4) is 0 Å². The standard InChI is InChI=1S/C27H22F3N7O3/c28-27(29,30)16-12-20(32-17-10-11-39-14-17)22(31-13-16)25-36-37-26(40-25)35-23-24(38)33-19-9-5-4-8-18(19)21(34-23)15-6-2-1-3-7-15/h1-9,12-13,17,23,32H,10-11,14H2,(H,33,38)(H,35,37)/t17?,23-/m1/s1. The molecule has 10 nitrogen and oxygen atoms in total. The van der Waals surface area contributed by atoms with Gasteiger partial charge in [-0.05, 0) is 18.6 Å². The summed E-state index contributed by atoms with van der Waals surface area (Å²) in [4.78, 5) is 21.7. The van der Waals surface area contributed by atoms with Crippen LogP contribution in [-0.4, -0.2) is 52.2 Å². The molecule has 0 radical (unpaired) electrons. The molecule has 3 N–H and O–H groups in total. The second kappa shape index (κ2) is 10.4. The summed E-state index contributed by atoms with van der Waals surface area (Å²) in [5, 5.41) is 16.6. The molecular weight excluding hydrogens is 527 g/mol. The number of carbonyl (C=O) groups excluding carboxylic acids is 1. The predicted octanol–water partition coefficient (Wildman–Crippen LogP) is 4.58. The van der Waals surface area contributed by atoms with Crippen LogP contribution in [0.25, 0.3) is 11.6 Å². The van der Waals surface area contributed by atoms with Gasteiger partial charge in [-0.1, -0.05) is 53.6 Å². The number of hydrogen-bond donors (Lipinski definition) is 3. The Kier molecular flexibility index (Phi) is 6.64. The summed E-state index contributed by atoms with van der Waals surface area (Å²) in [6, 6.07) is 17.3. The molecule has 0 bridgehead atoms. The van der Waals surface area contributed by atoms with Gasteiger partial charge in [0.05, 0.1) is 35.3 Å². The second-order valence-electron chi connectivity index (χ2n) is 9.16. The molecule has 1 amide bonds. The number of carbonyl (C=O) groups is 1. The molecule has 0 aliphatic carbocycles. The fourth-order valence-corrected chi connectivity index (χ4v) is 4.44. The van der Waals surface area contributed by atoms with E-state index in [9.17, 15) is 18.0 Å². The Balaban J connectivity index is 1.32. The molecular formula is C27H22F3N7O3. The van der Waals surface area contributed by atoms with Gasteiger partial charge in [0, 0.05) is 23.9 Å². The first-order valence-corrected chi connectivity index (χ1v) is 12.4. The number of anilines is 3. The zero-order valence-corrected chi connectivity index (χ0v) is 20.8. The van der Waals surface area contributed by atoms with E-state index >= 15 is 0 Å². The summed E-state index contributed by atoms with van der Waals surface area (Å²) in [5.74, 6) is -0.600. The molecule has 0 spiro atoms. The fourth-order valence-electron chi connectivity index (χ4n) is 4.44. The zero-order valence-electron chi connectivity index (χ0n) is 20.8. The quantitative estimate of drug-likeness (QED) is 0.319. The number of fused-ring (bicyclic) bond motifs is 1. The zero-order chi connectivity index (χ0) is 27.7. The number of aliphatic imine (C=N–C) groups is 1. The molecule has 2 aliphatic rings. The number of halogens is 3. The van der Waals surface area contributed by atoms with Gasteiger partial charge < -0.3 is 25.1 Å². The highest BCUT2D eigenvalue weighted by molar-refractivity contribution is 6.19. The molecule has 2 atom stereocenters. The Morgan fingerprint density at radius 1 is 1.00 bits per heavy atom. The van der Waals surface area contributed by atoms with E-state index in [1.807, 2.05) is 42.5 Å². The van der Waals surface area contributed by atoms with Crippen molar-refractivity contribution in [3.8, 4) is 11.6 Å². The Bertz CT molecular complexity index is 1570. The van der Waals surface area contributed by atoms with Crippen molar-refractivity contribution in [1.29, 1.82) is 0 Å². The molecule has 204 valence electrons. The van der Waals surface area contributed by atoms with E-state index in [0.717, 1.165) is 17.2 Å². The molecule has 1 unspecified atom stereocenters. The summed E-state index contributed by atoms with van der Waals surface area (Å²) in [6.07, 6.45) is -4.42. The largest absolute Gasteiger partial charge is 0.417 e. The fraction of sp³-hybridized carbons (Fsp3) is 0.222. The van der Waals surface area contributed by atoms with Crippen molar-refractivity contribution < 1.29 is 27.1 Å². The minimum Gasteiger partial charge on any atom is -0.402 e. The first-order valence-electron chi connectivity index (χ1n) is 12.4. The number of alkyl halides is 3. The van der Waals surface area contributed by atoms with Crippen LogP contribution in [0.2, 0.25) is 0 Å². The molecule has 40 heavy (non-hydrogen) atoms. The van der Waals surface area contributed by atoms with E-state index < -0.39 is 23.8 Å². The smallest absolute Gasteiger partial charge is 0.402 e. The summed E-state index contributed by atoms with van der Waals surface area (Å²) in [7, 11) is 0. The van der Waals surface area contributed by atoms with E-state index in [4.69, 9.17) is 9.15 Å². The Hall–Kier alpha value is -4.78. The number of nitrogens with zero attached hydrogens (tertiary/aromatic N) is 4. The Morgan fingerprint density at radius 3 is 2.58 bits per heavy atom. The van der Waals surface area contributed by atoms with Crippen LogP contribution in [0.15, 0.2) is 76.3 Å². The topological polar surface area (TPSA) is 127 Å². The summed E-state index contributed by atoms with van der Waals surface area (Å²) in [6.45, 7) is 0.833. The van der Waals surface area contributed by atoms with Crippen molar-refractivity contribution in [3.05, 3.63) is 83.6 Å². The van der Waals surface area contributed by atoms with Crippen molar-refractivity contribution in [3.63, 3.8) is 0 Å². The maximum absolute atomic E-state index is 13.4. The third-order valence-corrected chi connectivity index (χ3v) is 6.39. The maximum atomic E-state index is 13.4. The lowest BCUT2D eigenvalue weighted by Crippen LogP contribution is -2.32. The number of aromatic nitrogens is 3. The van der Waals surface area contributed by atoms with Crippen LogP contribution < -0.4 is 16.0 Å². The monoisotopic (exact) mass is 549 g/mol. The van der Waals surface area contributed by atoms with Crippen LogP contribution >= 0.6 is 0 Å². The number of pyridine rings is 1. The van der Waals surface area contributed by atoms with E-state index in [2.05, 4.69) is 36.1 Å². The van der Waals surface area contributed by atoms with Crippen LogP contribution in [0, 0.1) is 0 Å². The van der Waals surface area contributed by atoms with Crippen molar-refractivity contribution in [2.24, 2.45) is 4.99 Å². The van der Waals surface area contributed by atoms with Gasteiger partial charge in [-0.2, -0.15) is 13.2 Å². The normalized spacial score (nSPS) is 18.9. The number of rotatable bonds is 6. The molecule has 0 saturated carbocycles. The summed E-state index contributed by atoms with van der Waals surface area (Å²) < 4.78 is 51.2. The van der Waals surface area contributed by atoms with Gasteiger partial charge in [-0.3, -0.25) is 4.79 Å². The third-order valence-electron chi connectivity index (χ3n) is 6.39. The maximum Gasteiger partial charge on any atom is 0.417 e. The van der Waals surface area contributed by atoms with Crippen LogP contribution in [-0.2, 0) is 15.7 Å². The minimum absolute atomic E-state index is 0.0339. The number of nitrogens with one attached hydrogen (secondary N) is 3. The number of para-hydroxylation sites is 1. The van der Waals surface area contributed by atoms with E-state index in [1.54, 1.807) is 12.1 Å². The van der Waals surface area contributed by atoms with Gasteiger partial charge in [0.15, 0.2) is 5.69 Å². The number of benzene rings is 2. The SMILES string of the molecule is O=C1Nc2ccccc2C(c2ccccc2)=N[C@@H]1Nc1nnc(-c2ncc(C(F)(F)F)cc2NC2CCOC2)o1. The van der Waals surface area contributed by atoms with Crippen LogP contribution in [0.1, 0.15) is 23.1 Å². The molecule has 2 aliphatic heterocycles. The number of hydrogen-bond acceptors (Lipinski definition) is 9. The van der Waals surface area contributed by atoms with Gasteiger partial charge in [0.1, 0.15) is 0 Å². The molecule has 6 rings (SSSR count). The van der Waals surface area contributed by atoms with Crippen LogP contribution in [0.5, 0.6) is 0 Å². The highest BCUT2D eigenvalue weighted by atomic mass is 19.4. The second-order valence-corrected chi connectivity index (χ2v) is 9.16. The Morgan fingerprint density at radius 2 is 1.80 bits per heavy atom. The molecule has 4 aromatic rings. The van der Waals surface area contributed by atoms with Crippen molar-refractivity contribution >= 4 is 29.0 Å². The average Bonchev–Trinajstić information content (AvgIpc) is 3.61. The van der Waals surface area contributed by atoms with Crippen molar-refractivity contribution in [1.82, 2.24) is 15.2 Å². The molecule has 13 heteroatoms. The molecule has 2 aromatic heterocycles. The molecule has 1 saturated heterocycles. The summed E-state index contributed by atoms with van der Waals surface area (Å²) >= 11 is 0. The van der Waals surface area contributed by atoms with Gasteiger partial charge >= 0.3 is 12.2 Å². The summed E-state index contributed by atoms with van der Waals surface area (Å²) in [5.41, 5.74) is 1.88. The highest BCUT2D eigenvalue weighted by Gasteiger charge is 2.33. The number of ether oxygens (including phenoxy) is 1. The van der Waals surface area contributed by atoms with Gasteiger partial charge in [0.2, 0.25) is 6.17 Å². The lowest BCUT2D eigenvalue weighted by molar-refractivity contribution is -0.137. The number of benzodiazepines with no additional fused rings is 1. The lowest BCUT2D eigenvalue weighted by Gasteiger charge is -2.16. The highest BCUT2D eigenvalue weighted by Crippen LogP contribution is 2.35. The van der Waals surface area contributed by atoms with E-state index in [-0.39, 0.29) is 29.3 Å². The molecule has 4 heterocycles. The van der Waals surface area contributed by atoms with E-state index in [1.165, 1.54) is 0 Å². The minimum atomic E-state index is -4.59. The molecule has 2 aromatic carbocycles. The van der Waals surface area contributed by atoms with Gasteiger partial charge in [0.25, 0.3) is 11.8 Å². The number of amides is 1. The van der Waals surface area contributed by atoms with Crippen molar-refractivity contribution in [2.75, 3.05) is 29.2 Å². The van der Waals surface area contributed by atoms with Crippen LogP contribution in [0.4, 0.5) is 30.6 Å². The predicted molar refractivity (Wildman–Crippen MR) is 140 cm³/mol. The van der Waals surface area contributed by atoms with Gasteiger partial charge in [-0.25, -0.2) is 9.98 Å². The first-order chi connectivity index (χ1) is 19.3. The Labute approximate surface area is 225 Å².